The number of carbonyl (C=O) groups is 1. The van der Waals surface area contributed by atoms with Gasteiger partial charge in [0, 0.05) is 25.3 Å². The van der Waals surface area contributed by atoms with Gasteiger partial charge in [-0.2, -0.15) is 0 Å². The van der Waals surface area contributed by atoms with Crippen molar-refractivity contribution in [3.8, 4) is 0 Å². The zero-order chi connectivity index (χ0) is 13.4. The number of hydrogen-bond donors (Lipinski definition) is 3. The van der Waals surface area contributed by atoms with E-state index in [4.69, 9.17) is 5.73 Å². The van der Waals surface area contributed by atoms with E-state index >= 15 is 0 Å². The fraction of sp³-hybridized carbons (Fsp3) is 0.583. The van der Waals surface area contributed by atoms with Crippen LogP contribution < -0.4 is 5.73 Å². The Morgan fingerprint density at radius 3 is 2.44 bits per heavy atom. The van der Waals surface area contributed by atoms with Crippen molar-refractivity contribution >= 4 is 11.6 Å². The minimum absolute atomic E-state index is 0.124. The predicted molar refractivity (Wildman–Crippen MR) is 67.1 cm³/mol. The number of anilines is 1. The molecule has 0 aliphatic carbocycles. The maximum Gasteiger partial charge on any atom is 0.270 e. The van der Waals surface area contributed by atoms with Gasteiger partial charge < -0.3 is 25.4 Å². The SMILES string of the molecule is CC(C)n1cc(N)cc1C(=O)N1CC(O)C(O)C1. The van der Waals surface area contributed by atoms with Gasteiger partial charge in [-0.1, -0.05) is 0 Å². The van der Waals surface area contributed by atoms with Crippen LogP contribution in [0.5, 0.6) is 0 Å². The third-order valence-corrected chi connectivity index (χ3v) is 3.19. The molecule has 1 amide bonds. The number of hydrogen-bond acceptors (Lipinski definition) is 4. The number of nitrogens with zero attached hydrogens (tertiary/aromatic N) is 2. The van der Waals surface area contributed by atoms with Crippen LogP contribution in [0.1, 0.15) is 30.4 Å². The lowest BCUT2D eigenvalue weighted by molar-refractivity contribution is 0.0572. The number of aromatic nitrogens is 1. The molecule has 0 radical (unpaired) electrons. The maximum atomic E-state index is 12.3. The summed E-state index contributed by atoms with van der Waals surface area (Å²) in [6, 6.07) is 1.75. The summed E-state index contributed by atoms with van der Waals surface area (Å²) in [5.41, 5.74) is 6.74. The van der Waals surface area contributed by atoms with Crippen molar-refractivity contribution in [3.63, 3.8) is 0 Å². The molecule has 2 rings (SSSR count). The Bertz CT molecular complexity index is 445. The lowest BCUT2D eigenvalue weighted by Crippen LogP contribution is -2.31. The third-order valence-electron chi connectivity index (χ3n) is 3.19. The molecule has 1 aromatic rings. The molecule has 6 nitrogen and oxygen atoms in total. The van der Waals surface area contributed by atoms with E-state index in [-0.39, 0.29) is 25.0 Å². The van der Waals surface area contributed by atoms with E-state index in [9.17, 15) is 15.0 Å². The minimum atomic E-state index is -0.867. The van der Waals surface area contributed by atoms with Crippen LogP contribution in [-0.2, 0) is 0 Å². The van der Waals surface area contributed by atoms with E-state index in [1.807, 2.05) is 13.8 Å². The van der Waals surface area contributed by atoms with Gasteiger partial charge in [-0.15, -0.1) is 0 Å². The molecule has 18 heavy (non-hydrogen) atoms. The van der Waals surface area contributed by atoms with Crippen LogP contribution in [-0.4, -0.2) is 50.9 Å². The molecule has 1 saturated heterocycles. The first-order valence-corrected chi connectivity index (χ1v) is 6.03. The molecule has 2 unspecified atom stereocenters. The number of aliphatic hydroxyl groups excluding tert-OH is 2. The Morgan fingerprint density at radius 1 is 1.39 bits per heavy atom. The molecule has 0 bridgehead atoms. The molecule has 6 heteroatoms. The molecule has 1 aromatic heterocycles. The van der Waals surface area contributed by atoms with Gasteiger partial charge in [0.05, 0.1) is 17.9 Å². The molecule has 2 heterocycles. The van der Waals surface area contributed by atoms with Gasteiger partial charge in [0.15, 0.2) is 0 Å². The lowest BCUT2D eigenvalue weighted by atomic mass is 10.3. The average Bonchev–Trinajstić information content (AvgIpc) is 2.82. The van der Waals surface area contributed by atoms with E-state index < -0.39 is 12.2 Å². The first-order chi connectivity index (χ1) is 8.40. The third kappa shape index (κ3) is 2.21. The molecule has 0 aromatic carbocycles. The van der Waals surface area contributed by atoms with Crippen molar-refractivity contribution in [1.29, 1.82) is 0 Å². The van der Waals surface area contributed by atoms with Crippen LogP contribution in [0.15, 0.2) is 12.3 Å². The van der Waals surface area contributed by atoms with E-state index in [0.29, 0.717) is 11.4 Å². The van der Waals surface area contributed by atoms with Crippen molar-refractivity contribution in [1.82, 2.24) is 9.47 Å². The van der Waals surface area contributed by atoms with Gasteiger partial charge in [0.25, 0.3) is 5.91 Å². The van der Waals surface area contributed by atoms with E-state index in [0.717, 1.165) is 0 Å². The van der Waals surface area contributed by atoms with Crippen molar-refractivity contribution in [2.75, 3.05) is 18.8 Å². The Morgan fingerprint density at radius 2 is 1.94 bits per heavy atom. The van der Waals surface area contributed by atoms with Crippen molar-refractivity contribution in [2.45, 2.75) is 32.1 Å². The standard InChI is InChI=1S/C12H19N3O3/c1-7(2)15-4-8(13)3-9(15)12(18)14-5-10(16)11(17)6-14/h3-4,7,10-11,16-17H,5-6,13H2,1-2H3. The van der Waals surface area contributed by atoms with Crippen molar-refractivity contribution in [3.05, 3.63) is 18.0 Å². The number of rotatable bonds is 2. The lowest BCUT2D eigenvalue weighted by Gasteiger charge is -2.18. The molecule has 100 valence electrons. The van der Waals surface area contributed by atoms with E-state index in [2.05, 4.69) is 0 Å². The molecular weight excluding hydrogens is 234 g/mol. The van der Waals surface area contributed by atoms with Crippen LogP contribution >= 0.6 is 0 Å². The second-order valence-corrected chi connectivity index (χ2v) is 5.00. The summed E-state index contributed by atoms with van der Waals surface area (Å²) in [5.74, 6) is -0.212. The highest BCUT2D eigenvalue weighted by molar-refractivity contribution is 5.94. The van der Waals surface area contributed by atoms with Gasteiger partial charge in [-0.05, 0) is 19.9 Å². The predicted octanol–water partition coefficient (Wildman–Crippen LogP) is -0.171. The number of amides is 1. The number of likely N-dealkylation sites (tertiary alicyclic amines) is 1. The monoisotopic (exact) mass is 253 g/mol. The smallest absolute Gasteiger partial charge is 0.270 e. The highest BCUT2D eigenvalue weighted by Gasteiger charge is 2.34. The molecule has 2 atom stereocenters. The summed E-state index contributed by atoms with van der Waals surface area (Å²) in [5, 5.41) is 18.9. The topological polar surface area (TPSA) is 91.7 Å². The maximum absolute atomic E-state index is 12.3. The first-order valence-electron chi connectivity index (χ1n) is 6.03. The number of β-amino-alcohol motifs (C(OH)–C–C–N with tert-alkyl or cyclic N) is 2. The van der Waals surface area contributed by atoms with Gasteiger partial charge in [-0.25, -0.2) is 0 Å². The number of nitrogen functional groups attached to an aromatic ring is 1. The van der Waals surface area contributed by atoms with Crippen molar-refractivity contribution < 1.29 is 15.0 Å². The Kier molecular flexibility index (Phi) is 3.32. The Hall–Kier alpha value is -1.53. The average molecular weight is 253 g/mol. The van der Waals surface area contributed by atoms with Crippen molar-refractivity contribution in [2.24, 2.45) is 0 Å². The molecule has 0 spiro atoms. The number of aliphatic hydroxyl groups is 2. The normalized spacial score (nSPS) is 23.9. The highest BCUT2D eigenvalue weighted by Crippen LogP contribution is 2.20. The van der Waals surface area contributed by atoms with Gasteiger partial charge >= 0.3 is 0 Å². The number of nitrogens with two attached hydrogens (primary N) is 1. The number of carbonyl (C=O) groups excluding carboxylic acids is 1. The van der Waals surface area contributed by atoms with Crippen LogP contribution in [0, 0.1) is 0 Å². The molecule has 0 saturated carbocycles. The zero-order valence-corrected chi connectivity index (χ0v) is 10.6. The Balaban J connectivity index is 2.24. The minimum Gasteiger partial charge on any atom is -0.397 e. The second kappa shape index (κ2) is 4.62. The largest absolute Gasteiger partial charge is 0.397 e. The van der Waals surface area contributed by atoms with Crippen LogP contribution in [0.4, 0.5) is 5.69 Å². The highest BCUT2D eigenvalue weighted by atomic mass is 16.3. The fourth-order valence-electron chi connectivity index (χ4n) is 2.20. The summed E-state index contributed by atoms with van der Waals surface area (Å²) < 4.78 is 1.80. The molecule has 1 aliphatic heterocycles. The fourth-order valence-corrected chi connectivity index (χ4v) is 2.20. The van der Waals surface area contributed by atoms with Gasteiger partial charge in [0.2, 0.25) is 0 Å². The quantitative estimate of drug-likeness (QED) is 0.682. The van der Waals surface area contributed by atoms with Crippen LogP contribution in [0.25, 0.3) is 0 Å². The summed E-state index contributed by atoms with van der Waals surface area (Å²) >= 11 is 0. The molecular formula is C12H19N3O3. The molecule has 4 N–H and O–H groups in total. The van der Waals surface area contributed by atoms with Crippen LogP contribution in [0.3, 0.4) is 0 Å². The van der Waals surface area contributed by atoms with E-state index in [1.54, 1.807) is 16.8 Å². The summed E-state index contributed by atoms with van der Waals surface area (Å²) in [4.78, 5) is 13.8. The van der Waals surface area contributed by atoms with E-state index in [1.165, 1.54) is 4.90 Å². The molecule has 1 fully saturated rings. The first kappa shape index (κ1) is 12.9. The summed E-state index contributed by atoms with van der Waals surface area (Å²) in [6.07, 6.45) is -0.0107. The Labute approximate surface area is 106 Å². The van der Waals surface area contributed by atoms with Crippen LogP contribution in [0.2, 0.25) is 0 Å². The molecule has 1 aliphatic rings. The van der Waals surface area contributed by atoms with Gasteiger partial charge in [-0.3, -0.25) is 4.79 Å². The second-order valence-electron chi connectivity index (χ2n) is 5.00. The zero-order valence-electron chi connectivity index (χ0n) is 10.6. The summed E-state index contributed by atoms with van der Waals surface area (Å²) in [7, 11) is 0. The van der Waals surface area contributed by atoms with Gasteiger partial charge in [0.1, 0.15) is 5.69 Å². The summed E-state index contributed by atoms with van der Waals surface area (Å²) in [6.45, 7) is 4.24.